The van der Waals surface area contributed by atoms with Crippen LogP contribution in [0.2, 0.25) is 0 Å². The molecule has 0 saturated carbocycles. The summed E-state index contributed by atoms with van der Waals surface area (Å²) in [6.07, 6.45) is 0. The van der Waals surface area contributed by atoms with Gasteiger partial charge in [-0.3, -0.25) is 40.5 Å². The van der Waals surface area contributed by atoms with Gasteiger partial charge in [0.25, 0.3) is 11.4 Å². The number of nitrogens with one attached hydrogen (secondary N) is 3. The number of fused-ring (bicyclic) bond motifs is 8. The number of carbonyl (C=O) groups is 1. The maximum absolute atomic E-state index is 12.9. The normalized spacial score (nSPS) is 11.4. The minimum Gasteiger partial charge on any atom is -0.502 e. The predicted molar refractivity (Wildman–Crippen MR) is 186 cm³/mol. The SMILES string of the molecule is CCOC(=O)c1cc2c(O)c(c1)Oc1cc(c([N+](=O)[O-])cc1[N+](=O)[O-])Nc1cc(ccc1Nc1ccccc1)Nc1cc(c([N+](=O)[O-])cc1[N+](=O)[O-])O2. The van der Waals surface area contributed by atoms with Gasteiger partial charge in [-0.2, -0.15) is 0 Å². The van der Waals surface area contributed by atoms with E-state index in [1.165, 1.54) is 25.1 Å². The summed E-state index contributed by atoms with van der Waals surface area (Å²) in [7, 11) is 0. The van der Waals surface area contributed by atoms with Gasteiger partial charge >= 0.3 is 17.3 Å². The Labute approximate surface area is 295 Å². The van der Waals surface area contributed by atoms with Gasteiger partial charge in [0.1, 0.15) is 23.5 Å². The summed E-state index contributed by atoms with van der Waals surface area (Å²) in [5.41, 5.74) is -3.24. The Balaban J connectivity index is 1.66. The van der Waals surface area contributed by atoms with Crippen LogP contribution >= 0.6 is 0 Å². The Kier molecular flexibility index (Phi) is 9.24. The van der Waals surface area contributed by atoms with Crippen LogP contribution in [0, 0.1) is 40.5 Å². The molecule has 0 atom stereocenters. The smallest absolute Gasteiger partial charge is 0.338 e. The van der Waals surface area contributed by atoms with Crippen LogP contribution in [0.4, 0.5) is 56.9 Å². The van der Waals surface area contributed by atoms with Crippen molar-refractivity contribution in [1.29, 1.82) is 0 Å². The number of rotatable bonds is 8. The van der Waals surface area contributed by atoms with Crippen LogP contribution in [0.3, 0.4) is 0 Å². The van der Waals surface area contributed by atoms with Gasteiger partial charge in [-0.25, -0.2) is 4.79 Å². The first-order valence-electron chi connectivity index (χ1n) is 15.2. The monoisotopic (exact) mass is 725 g/mol. The van der Waals surface area contributed by atoms with E-state index >= 15 is 0 Å². The van der Waals surface area contributed by atoms with Gasteiger partial charge in [-0.05, 0) is 49.4 Å². The number of hydrogen-bond acceptors (Lipinski definition) is 16. The lowest BCUT2D eigenvalue weighted by molar-refractivity contribution is -0.394. The third-order valence-corrected chi connectivity index (χ3v) is 7.55. The molecule has 0 saturated heterocycles. The quantitative estimate of drug-likeness (QED) is 0.0651. The van der Waals surface area contributed by atoms with Gasteiger partial charge in [0.05, 0.1) is 43.2 Å². The van der Waals surface area contributed by atoms with Crippen LogP contribution in [0.15, 0.2) is 84.9 Å². The third-order valence-electron chi connectivity index (χ3n) is 7.55. The molecular formula is C33H23N7O13. The second kappa shape index (κ2) is 14.1. The summed E-state index contributed by atoms with van der Waals surface area (Å²) in [5.74, 6) is -4.54. The zero-order valence-corrected chi connectivity index (χ0v) is 26.9. The molecule has 1 aliphatic rings. The number of esters is 1. The van der Waals surface area contributed by atoms with Gasteiger partial charge in [-0.1, -0.05) is 18.2 Å². The van der Waals surface area contributed by atoms with E-state index in [0.717, 1.165) is 24.3 Å². The van der Waals surface area contributed by atoms with E-state index in [1.54, 1.807) is 30.3 Å². The van der Waals surface area contributed by atoms with Crippen LogP contribution in [0.25, 0.3) is 0 Å². The Hall–Kier alpha value is -8.03. The molecule has 0 aromatic heterocycles. The number of phenolic OH excluding ortho intramolecular Hbond substituents is 1. The highest BCUT2D eigenvalue weighted by molar-refractivity contribution is 5.92. The summed E-state index contributed by atoms with van der Waals surface area (Å²) >= 11 is 0. The van der Waals surface area contributed by atoms with Gasteiger partial charge < -0.3 is 35.3 Å². The standard InChI is InChI=1S/C33H23N7O13/c1-2-51-33(42)17-10-30-32(41)31(11-17)53-29-14-23(25(38(45)46)16-27(29)40(49)50)36-21-12-19(8-9-20(21)34-18-6-4-3-5-7-18)35-22-13-28(52-30)26(39(47)48)15-24(22)37(43)44/h3-16,34-36,41H,2H2,1H3. The van der Waals surface area contributed by atoms with E-state index in [9.17, 15) is 50.4 Å². The van der Waals surface area contributed by atoms with Crippen molar-refractivity contribution in [2.75, 3.05) is 22.6 Å². The predicted octanol–water partition coefficient (Wildman–Crippen LogP) is 8.33. The van der Waals surface area contributed by atoms with Crippen LogP contribution in [0.5, 0.6) is 28.7 Å². The number of aromatic hydroxyl groups is 1. The Morgan fingerprint density at radius 1 is 0.679 bits per heavy atom. The first-order valence-corrected chi connectivity index (χ1v) is 15.2. The highest BCUT2D eigenvalue weighted by Gasteiger charge is 2.31. The Morgan fingerprint density at radius 2 is 1.21 bits per heavy atom. The molecule has 1 aliphatic heterocycles. The highest BCUT2D eigenvalue weighted by atomic mass is 16.6. The Morgan fingerprint density at radius 3 is 1.72 bits per heavy atom. The number of para-hydroxylation sites is 1. The van der Waals surface area contributed by atoms with Crippen molar-refractivity contribution in [3.8, 4) is 28.7 Å². The van der Waals surface area contributed by atoms with Crippen LogP contribution < -0.4 is 25.4 Å². The molecule has 4 N–H and O–H groups in total. The number of phenols is 1. The fourth-order valence-electron chi connectivity index (χ4n) is 5.18. The molecule has 20 heteroatoms. The van der Waals surface area contributed by atoms with Crippen molar-refractivity contribution in [3.05, 3.63) is 131 Å². The number of nitrogens with zero attached hydrogens (tertiary/aromatic N) is 4. The lowest BCUT2D eigenvalue weighted by Gasteiger charge is -2.19. The highest BCUT2D eigenvalue weighted by Crippen LogP contribution is 2.49. The van der Waals surface area contributed by atoms with Crippen molar-refractivity contribution in [1.82, 2.24) is 0 Å². The second-order valence-corrected chi connectivity index (χ2v) is 10.9. The largest absolute Gasteiger partial charge is 0.502 e. The maximum atomic E-state index is 12.9. The molecule has 0 aliphatic carbocycles. The van der Waals surface area contributed by atoms with E-state index in [1.807, 2.05) is 0 Å². The molecule has 0 amide bonds. The molecule has 268 valence electrons. The second-order valence-electron chi connectivity index (χ2n) is 10.9. The zero-order valence-electron chi connectivity index (χ0n) is 26.9. The number of anilines is 6. The summed E-state index contributed by atoms with van der Waals surface area (Å²) < 4.78 is 16.5. The van der Waals surface area contributed by atoms with Crippen LogP contribution in [-0.4, -0.2) is 37.4 Å². The molecule has 0 fully saturated rings. The molecule has 5 aromatic carbocycles. The fourth-order valence-corrected chi connectivity index (χ4v) is 5.18. The van der Waals surface area contributed by atoms with Crippen LogP contribution in [0.1, 0.15) is 17.3 Å². The van der Waals surface area contributed by atoms with E-state index in [0.29, 0.717) is 23.5 Å². The first-order chi connectivity index (χ1) is 25.3. The first kappa shape index (κ1) is 34.8. The van der Waals surface area contributed by atoms with E-state index < -0.39 is 77.2 Å². The molecule has 20 nitrogen and oxygen atoms in total. The average molecular weight is 726 g/mol. The zero-order chi connectivity index (χ0) is 38.0. The number of carbonyl (C=O) groups excluding carboxylic acids is 1. The van der Waals surface area contributed by atoms with Crippen molar-refractivity contribution in [3.63, 3.8) is 0 Å². The molecule has 5 aromatic rings. The van der Waals surface area contributed by atoms with E-state index in [2.05, 4.69) is 16.0 Å². The Bertz CT molecular complexity index is 2350. The molecule has 1 heterocycles. The van der Waals surface area contributed by atoms with E-state index in [-0.39, 0.29) is 34.9 Å². The number of nitro benzene ring substituents is 4. The molecule has 0 radical (unpaired) electrons. The summed E-state index contributed by atoms with van der Waals surface area (Å²) in [4.78, 5) is 57.9. The van der Waals surface area contributed by atoms with Crippen molar-refractivity contribution in [2.24, 2.45) is 0 Å². The molecule has 0 spiro atoms. The number of hydrogen-bond donors (Lipinski definition) is 4. The summed E-state index contributed by atoms with van der Waals surface area (Å²) in [6, 6.07) is 18.0. The van der Waals surface area contributed by atoms with Gasteiger partial charge in [-0.15, -0.1) is 0 Å². The fraction of sp³-hybridized carbons (Fsp3) is 0.0606. The lowest BCUT2D eigenvalue weighted by atomic mass is 10.1. The molecule has 0 unspecified atom stereocenters. The van der Waals surface area contributed by atoms with Gasteiger partial charge in [0.2, 0.25) is 17.2 Å². The molecule has 8 bridgehead atoms. The minimum atomic E-state index is -0.991. The number of ether oxygens (including phenoxy) is 3. The summed E-state index contributed by atoms with van der Waals surface area (Å²) in [6.45, 7) is 1.38. The summed E-state index contributed by atoms with van der Waals surface area (Å²) in [5, 5.41) is 68.8. The number of benzene rings is 5. The van der Waals surface area contributed by atoms with Gasteiger partial charge in [0.15, 0.2) is 11.5 Å². The third kappa shape index (κ3) is 7.17. The van der Waals surface area contributed by atoms with E-state index in [4.69, 9.17) is 14.2 Å². The van der Waals surface area contributed by atoms with Crippen molar-refractivity contribution < 1.29 is 43.8 Å². The molecule has 53 heavy (non-hydrogen) atoms. The van der Waals surface area contributed by atoms with Gasteiger partial charge in [0, 0.05) is 23.5 Å². The van der Waals surface area contributed by atoms with Crippen molar-refractivity contribution >= 4 is 62.8 Å². The minimum absolute atomic E-state index is 0.101. The lowest BCUT2D eigenvalue weighted by Crippen LogP contribution is -2.07. The topological polar surface area (TPSA) is 274 Å². The maximum Gasteiger partial charge on any atom is 0.338 e. The van der Waals surface area contributed by atoms with Crippen molar-refractivity contribution in [2.45, 2.75) is 6.92 Å². The molecule has 6 rings (SSSR count). The number of nitro groups is 4. The van der Waals surface area contributed by atoms with Crippen LogP contribution in [-0.2, 0) is 4.74 Å². The average Bonchev–Trinajstić information content (AvgIpc) is 3.10. The molecular weight excluding hydrogens is 702 g/mol.